The highest BCUT2D eigenvalue weighted by Gasteiger charge is 2.41. The molecular weight excluding hydrogens is 425 g/mol. The Kier molecular flexibility index (Phi) is 5.76. The van der Waals surface area contributed by atoms with Gasteiger partial charge in [-0.25, -0.2) is 0 Å². The van der Waals surface area contributed by atoms with E-state index < -0.39 is 5.92 Å². The molecule has 0 fully saturated rings. The first kappa shape index (κ1) is 20.8. The standard InChI is InChI=1S/C23H21Cl2NO4/c1-29-14-7-9-21(30-2)15(11-14)16-12-22(28)26(18-8-6-13(24)10-17(18)25)19-4-3-5-20(27)23(16)19/h6-11,16H,3-5,12H2,1-2H3. The van der Waals surface area contributed by atoms with E-state index in [1.165, 1.54) is 0 Å². The van der Waals surface area contributed by atoms with Crippen LogP contribution in [0.5, 0.6) is 11.5 Å². The lowest BCUT2D eigenvalue weighted by Gasteiger charge is -2.39. The molecule has 2 aromatic rings. The maximum atomic E-state index is 13.3. The largest absolute Gasteiger partial charge is 0.497 e. The zero-order chi connectivity index (χ0) is 21.4. The van der Waals surface area contributed by atoms with Gasteiger partial charge >= 0.3 is 0 Å². The van der Waals surface area contributed by atoms with Crippen LogP contribution in [-0.4, -0.2) is 25.9 Å². The number of nitrogens with zero attached hydrogens (tertiary/aromatic N) is 1. The monoisotopic (exact) mass is 445 g/mol. The summed E-state index contributed by atoms with van der Waals surface area (Å²) >= 11 is 12.5. The van der Waals surface area contributed by atoms with Gasteiger partial charge in [-0.2, -0.15) is 0 Å². The van der Waals surface area contributed by atoms with E-state index in [2.05, 4.69) is 0 Å². The van der Waals surface area contributed by atoms with E-state index in [-0.39, 0.29) is 18.1 Å². The van der Waals surface area contributed by atoms with E-state index in [0.29, 0.717) is 57.8 Å². The third-order valence-electron chi connectivity index (χ3n) is 5.64. The quantitative estimate of drug-likeness (QED) is 0.619. The molecule has 1 atom stereocenters. The smallest absolute Gasteiger partial charge is 0.232 e. The topological polar surface area (TPSA) is 55.8 Å². The van der Waals surface area contributed by atoms with Crippen LogP contribution < -0.4 is 14.4 Å². The van der Waals surface area contributed by atoms with Gasteiger partial charge in [0, 0.05) is 40.6 Å². The van der Waals surface area contributed by atoms with Crippen molar-refractivity contribution in [2.75, 3.05) is 19.1 Å². The fourth-order valence-electron chi connectivity index (χ4n) is 4.31. The molecule has 0 saturated heterocycles. The summed E-state index contributed by atoms with van der Waals surface area (Å²) < 4.78 is 10.9. The third kappa shape index (κ3) is 3.57. The van der Waals surface area contributed by atoms with Gasteiger partial charge in [0.1, 0.15) is 11.5 Å². The molecule has 1 aliphatic carbocycles. The summed E-state index contributed by atoms with van der Waals surface area (Å²) in [5.41, 5.74) is 2.68. The number of hydrogen-bond acceptors (Lipinski definition) is 4. The number of hydrogen-bond donors (Lipinski definition) is 0. The first-order valence-electron chi connectivity index (χ1n) is 9.70. The number of allylic oxidation sites excluding steroid dienone is 2. The lowest BCUT2D eigenvalue weighted by atomic mass is 9.76. The molecule has 1 unspecified atom stereocenters. The molecule has 0 spiro atoms. The number of ketones is 1. The van der Waals surface area contributed by atoms with Gasteiger partial charge in [0.05, 0.1) is 24.9 Å². The van der Waals surface area contributed by atoms with Crippen LogP contribution >= 0.6 is 23.2 Å². The molecule has 156 valence electrons. The van der Waals surface area contributed by atoms with Crippen LogP contribution in [0.15, 0.2) is 47.7 Å². The summed E-state index contributed by atoms with van der Waals surface area (Å²) in [6.45, 7) is 0. The van der Waals surface area contributed by atoms with Crippen LogP contribution in [0.2, 0.25) is 10.0 Å². The molecule has 30 heavy (non-hydrogen) atoms. The molecule has 0 bridgehead atoms. The summed E-state index contributed by atoms with van der Waals surface area (Å²) in [6.07, 6.45) is 1.90. The van der Waals surface area contributed by atoms with Gasteiger partial charge in [-0.15, -0.1) is 0 Å². The number of Topliss-reactive ketones (excluding diaryl/α,β-unsaturated/α-hetero) is 1. The maximum absolute atomic E-state index is 13.3. The van der Waals surface area contributed by atoms with Crippen LogP contribution in [0.3, 0.4) is 0 Å². The van der Waals surface area contributed by atoms with Crippen molar-refractivity contribution in [3.8, 4) is 11.5 Å². The summed E-state index contributed by atoms with van der Waals surface area (Å²) in [7, 11) is 3.16. The Balaban J connectivity index is 1.90. The Morgan fingerprint density at radius 3 is 2.50 bits per heavy atom. The van der Waals surface area contributed by atoms with Crippen molar-refractivity contribution >= 4 is 40.6 Å². The summed E-state index contributed by atoms with van der Waals surface area (Å²) in [6, 6.07) is 10.5. The van der Waals surface area contributed by atoms with Gasteiger partial charge < -0.3 is 9.47 Å². The van der Waals surface area contributed by atoms with Crippen LogP contribution in [0.4, 0.5) is 5.69 Å². The van der Waals surface area contributed by atoms with E-state index >= 15 is 0 Å². The van der Waals surface area contributed by atoms with E-state index in [4.69, 9.17) is 32.7 Å². The predicted molar refractivity (Wildman–Crippen MR) is 117 cm³/mol. The highest BCUT2D eigenvalue weighted by molar-refractivity contribution is 6.37. The Morgan fingerprint density at radius 2 is 1.80 bits per heavy atom. The molecule has 7 heteroatoms. The summed E-state index contributed by atoms with van der Waals surface area (Å²) in [5, 5.41) is 0.860. The number of halogens is 2. The van der Waals surface area contributed by atoms with Crippen molar-refractivity contribution in [2.24, 2.45) is 0 Å². The average molecular weight is 446 g/mol. The predicted octanol–water partition coefficient (Wildman–Crippen LogP) is 5.54. The number of carbonyl (C=O) groups excluding carboxylic acids is 2. The number of methoxy groups -OCH3 is 2. The molecule has 5 nitrogen and oxygen atoms in total. The van der Waals surface area contributed by atoms with Crippen molar-refractivity contribution in [3.63, 3.8) is 0 Å². The number of benzene rings is 2. The Morgan fingerprint density at radius 1 is 1.00 bits per heavy atom. The van der Waals surface area contributed by atoms with E-state index in [9.17, 15) is 9.59 Å². The third-order valence-corrected chi connectivity index (χ3v) is 6.18. The van der Waals surface area contributed by atoms with Crippen LogP contribution in [0.25, 0.3) is 0 Å². The fourth-order valence-corrected chi connectivity index (χ4v) is 4.81. The minimum atomic E-state index is -0.396. The van der Waals surface area contributed by atoms with Crippen molar-refractivity contribution in [3.05, 3.63) is 63.3 Å². The molecule has 1 aliphatic heterocycles. The number of rotatable bonds is 4. The summed E-state index contributed by atoms with van der Waals surface area (Å²) in [5.74, 6) is 0.799. The fraction of sp³-hybridized carbons (Fsp3) is 0.304. The van der Waals surface area contributed by atoms with E-state index in [0.717, 1.165) is 5.56 Å². The Bertz CT molecular complexity index is 1060. The molecule has 1 amide bonds. The Labute approximate surface area is 185 Å². The van der Waals surface area contributed by atoms with Gasteiger partial charge in [-0.1, -0.05) is 23.2 Å². The molecule has 0 radical (unpaired) electrons. The molecule has 2 aliphatic rings. The van der Waals surface area contributed by atoms with E-state index in [1.807, 2.05) is 6.07 Å². The van der Waals surface area contributed by atoms with Crippen LogP contribution in [0.1, 0.15) is 37.2 Å². The highest BCUT2D eigenvalue weighted by atomic mass is 35.5. The van der Waals surface area contributed by atoms with Gasteiger partial charge in [-0.05, 0) is 49.2 Å². The number of carbonyl (C=O) groups is 2. The van der Waals surface area contributed by atoms with Crippen molar-refractivity contribution in [2.45, 2.75) is 31.6 Å². The van der Waals surface area contributed by atoms with Crippen molar-refractivity contribution in [1.29, 1.82) is 0 Å². The van der Waals surface area contributed by atoms with Gasteiger partial charge in [0.2, 0.25) is 5.91 Å². The molecule has 0 N–H and O–H groups in total. The lowest BCUT2D eigenvalue weighted by Crippen LogP contribution is -2.40. The number of anilines is 1. The normalized spacial score (nSPS) is 19.1. The van der Waals surface area contributed by atoms with Gasteiger partial charge in [0.25, 0.3) is 0 Å². The minimum absolute atomic E-state index is 0.0497. The number of amides is 1. The molecule has 0 aromatic heterocycles. The highest BCUT2D eigenvalue weighted by Crippen LogP contribution is 2.47. The minimum Gasteiger partial charge on any atom is -0.497 e. The molecular formula is C23H21Cl2NO4. The molecule has 1 heterocycles. The zero-order valence-electron chi connectivity index (χ0n) is 16.7. The SMILES string of the molecule is COc1ccc(OC)c(C2CC(=O)N(c3ccc(Cl)cc3Cl)C3=C2C(=O)CCC3)c1. The second-order valence-electron chi connectivity index (χ2n) is 7.33. The second-order valence-corrected chi connectivity index (χ2v) is 8.17. The maximum Gasteiger partial charge on any atom is 0.232 e. The van der Waals surface area contributed by atoms with Gasteiger partial charge in [-0.3, -0.25) is 14.5 Å². The average Bonchev–Trinajstić information content (AvgIpc) is 2.73. The molecule has 2 aromatic carbocycles. The molecule has 0 saturated carbocycles. The van der Waals surface area contributed by atoms with Gasteiger partial charge in [0.15, 0.2) is 5.78 Å². The van der Waals surface area contributed by atoms with Crippen molar-refractivity contribution in [1.82, 2.24) is 0 Å². The molecule has 4 rings (SSSR count). The van der Waals surface area contributed by atoms with E-state index in [1.54, 1.807) is 49.5 Å². The lowest BCUT2D eigenvalue weighted by molar-refractivity contribution is -0.119. The zero-order valence-corrected chi connectivity index (χ0v) is 18.2. The first-order valence-corrected chi connectivity index (χ1v) is 10.5. The summed E-state index contributed by atoms with van der Waals surface area (Å²) in [4.78, 5) is 28.0. The van der Waals surface area contributed by atoms with Crippen LogP contribution in [0, 0.1) is 0 Å². The van der Waals surface area contributed by atoms with Crippen molar-refractivity contribution < 1.29 is 19.1 Å². The second kappa shape index (κ2) is 8.32. The van der Waals surface area contributed by atoms with Crippen LogP contribution in [-0.2, 0) is 9.59 Å². The number of ether oxygens (including phenoxy) is 2. The Hall–Kier alpha value is -2.50. The first-order chi connectivity index (χ1) is 14.4.